The topological polar surface area (TPSA) is 83.9 Å². The van der Waals surface area contributed by atoms with E-state index in [1.54, 1.807) is 13.0 Å². The van der Waals surface area contributed by atoms with E-state index in [-0.39, 0.29) is 5.11 Å². The number of nitrogens with two attached hydrogens (primary N) is 1. The third kappa shape index (κ3) is 3.87. The van der Waals surface area contributed by atoms with E-state index in [2.05, 4.69) is 41.5 Å². The third-order valence-electron chi connectivity index (χ3n) is 3.57. The second-order valence-electron chi connectivity index (χ2n) is 5.02. The molecule has 0 bridgehead atoms. The van der Waals surface area contributed by atoms with Gasteiger partial charge >= 0.3 is 5.63 Å². The van der Waals surface area contributed by atoms with E-state index in [1.165, 1.54) is 0 Å². The van der Waals surface area contributed by atoms with Crippen molar-refractivity contribution >= 4 is 39.7 Å². The number of thiocarbonyl (C=S) groups is 1. The second kappa shape index (κ2) is 7.23. The molecule has 0 amide bonds. The second-order valence-corrected chi connectivity index (χ2v) is 5.46. The Labute approximate surface area is 140 Å². The number of anilines is 1. The van der Waals surface area contributed by atoms with Crippen molar-refractivity contribution in [3.8, 4) is 0 Å². The van der Waals surface area contributed by atoms with E-state index in [9.17, 15) is 4.79 Å². The first-order chi connectivity index (χ1) is 11.0. The number of hydrazone groups is 1. The monoisotopic (exact) mass is 332 g/mol. The van der Waals surface area contributed by atoms with Crippen LogP contribution in [0.3, 0.4) is 0 Å². The van der Waals surface area contributed by atoms with E-state index in [0.717, 1.165) is 24.2 Å². The molecule has 0 aliphatic rings. The quantitative estimate of drug-likeness (QED) is 0.378. The summed E-state index contributed by atoms with van der Waals surface area (Å²) in [5, 5.41) is 4.84. The SMILES string of the molecule is CCN(CC)c1ccc2cc(C(C)=NNC(N)=S)c(=O)oc2c1. The number of fused-ring (bicyclic) bond motifs is 1. The van der Waals surface area contributed by atoms with Crippen LogP contribution < -0.4 is 21.7 Å². The summed E-state index contributed by atoms with van der Waals surface area (Å²) in [4.78, 5) is 14.4. The molecule has 0 saturated carbocycles. The highest BCUT2D eigenvalue weighted by atomic mass is 32.1. The predicted molar refractivity (Wildman–Crippen MR) is 98.2 cm³/mol. The summed E-state index contributed by atoms with van der Waals surface area (Å²) in [7, 11) is 0. The van der Waals surface area contributed by atoms with Crippen LogP contribution >= 0.6 is 12.2 Å². The number of rotatable bonds is 5. The first kappa shape index (κ1) is 17.0. The Morgan fingerprint density at radius 2 is 2.04 bits per heavy atom. The van der Waals surface area contributed by atoms with Gasteiger partial charge in [-0.3, -0.25) is 5.43 Å². The molecular weight excluding hydrogens is 312 g/mol. The summed E-state index contributed by atoms with van der Waals surface area (Å²) in [6, 6.07) is 7.59. The Morgan fingerprint density at radius 1 is 1.35 bits per heavy atom. The fraction of sp³-hybridized carbons (Fsp3) is 0.312. The van der Waals surface area contributed by atoms with Crippen LogP contribution in [0.4, 0.5) is 5.69 Å². The smallest absolute Gasteiger partial charge is 0.345 e. The minimum atomic E-state index is -0.444. The van der Waals surface area contributed by atoms with Gasteiger partial charge in [0, 0.05) is 30.2 Å². The minimum Gasteiger partial charge on any atom is -0.422 e. The molecule has 0 spiro atoms. The molecule has 2 aromatic rings. The molecule has 0 radical (unpaired) electrons. The average molecular weight is 332 g/mol. The molecule has 1 aromatic carbocycles. The summed E-state index contributed by atoms with van der Waals surface area (Å²) in [5.74, 6) is 0. The molecule has 3 N–H and O–H groups in total. The van der Waals surface area contributed by atoms with E-state index in [4.69, 9.17) is 10.2 Å². The van der Waals surface area contributed by atoms with Crippen LogP contribution in [0.5, 0.6) is 0 Å². The van der Waals surface area contributed by atoms with E-state index < -0.39 is 5.63 Å². The summed E-state index contributed by atoms with van der Waals surface area (Å²) >= 11 is 4.69. The molecule has 7 heteroatoms. The van der Waals surface area contributed by atoms with Crippen molar-refractivity contribution in [3.63, 3.8) is 0 Å². The first-order valence-electron chi connectivity index (χ1n) is 7.39. The van der Waals surface area contributed by atoms with Gasteiger partial charge in [0.25, 0.3) is 0 Å². The van der Waals surface area contributed by atoms with Gasteiger partial charge in [0.05, 0.1) is 11.3 Å². The maximum atomic E-state index is 12.2. The standard InChI is InChI=1S/C16H20N4O2S/c1-4-20(5-2)12-7-6-11-8-13(10(3)18-19-16(17)23)15(21)22-14(11)9-12/h6-9H,4-5H2,1-3H3,(H3,17,19,23). The molecule has 0 aliphatic carbocycles. The van der Waals surface area contributed by atoms with Crippen LogP contribution in [-0.2, 0) is 0 Å². The molecule has 1 heterocycles. The normalized spacial score (nSPS) is 11.5. The van der Waals surface area contributed by atoms with Gasteiger partial charge < -0.3 is 15.1 Å². The zero-order valence-corrected chi connectivity index (χ0v) is 14.2. The molecule has 2 rings (SSSR count). The van der Waals surface area contributed by atoms with Crippen LogP contribution in [0.25, 0.3) is 11.0 Å². The highest BCUT2D eigenvalue weighted by molar-refractivity contribution is 7.80. The van der Waals surface area contributed by atoms with Crippen LogP contribution in [0.15, 0.2) is 38.6 Å². The molecule has 1 aromatic heterocycles. The number of hydrogen-bond donors (Lipinski definition) is 2. The van der Waals surface area contributed by atoms with E-state index in [0.29, 0.717) is 16.9 Å². The molecule has 0 unspecified atom stereocenters. The maximum Gasteiger partial charge on any atom is 0.345 e. The molecule has 23 heavy (non-hydrogen) atoms. The number of nitrogens with one attached hydrogen (secondary N) is 1. The van der Waals surface area contributed by atoms with Crippen molar-refractivity contribution in [2.24, 2.45) is 10.8 Å². The lowest BCUT2D eigenvalue weighted by Gasteiger charge is -2.21. The lowest BCUT2D eigenvalue weighted by atomic mass is 10.1. The van der Waals surface area contributed by atoms with Crippen molar-refractivity contribution in [1.29, 1.82) is 0 Å². The third-order valence-corrected chi connectivity index (χ3v) is 3.66. The van der Waals surface area contributed by atoms with Crippen molar-refractivity contribution in [3.05, 3.63) is 40.2 Å². The number of hydrogen-bond acceptors (Lipinski definition) is 5. The molecule has 0 saturated heterocycles. The van der Waals surface area contributed by atoms with Gasteiger partial charge in [0.1, 0.15) is 5.58 Å². The fourth-order valence-corrected chi connectivity index (χ4v) is 2.38. The lowest BCUT2D eigenvalue weighted by Crippen LogP contribution is -2.26. The molecule has 0 aliphatic heterocycles. The highest BCUT2D eigenvalue weighted by Gasteiger charge is 2.10. The Bertz CT molecular complexity index is 809. The maximum absolute atomic E-state index is 12.2. The van der Waals surface area contributed by atoms with E-state index in [1.807, 2.05) is 18.2 Å². The molecule has 0 atom stereocenters. The van der Waals surface area contributed by atoms with Crippen LogP contribution in [0.1, 0.15) is 26.3 Å². The lowest BCUT2D eigenvalue weighted by molar-refractivity contribution is 0.559. The zero-order valence-electron chi connectivity index (χ0n) is 13.4. The fourth-order valence-electron chi connectivity index (χ4n) is 2.34. The molecule has 6 nitrogen and oxygen atoms in total. The molecule has 122 valence electrons. The highest BCUT2D eigenvalue weighted by Crippen LogP contribution is 2.22. The van der Waals surface area contributed by atoms with Crippen molar-refractivity contribution in [1.82, 2.24) is 5.43 Å². The van der Waals surface area contributed by atoms with Crippen LogP contribution in [-0.4, -0.2) is 23.9 Å². The average Bonchev–Trinajstić information content (AvgIpc) is 2.53. The Balaban J connectivity index is 2.47. The van der Waals surface area contributed by atoms with Gasteiger partial charge in [-0.1, -0.05) is 0 Å². The van der Waals surface area contributed by atoms with Gasteiger partial charge in [-0.25, -0.2) is 4.79 Å². The molecular formula is C16H20N4O2S. The predicted octanol–water partition coefficient (Wildman–Crippen LogP) is 2.20. The van der Waals surface area contributed by atoms with Crippen molar-refractivity contribution < 1.29 is 4.42 Å². The van der Waals surface area contributed by atoms with Crippen LogP contribution in [0.2, 0.25) is 0 Å². The number of nitrogens with zero attached hydrogens (tertiary/aromatic N) is 2. The van der Waals surface area contributed by atoms with Gasteiger partial charge in [-0.05, 0) is 51.2 Å². The van der Waals surface area contributed by atoms with Crippen molar-refractivity contribution in [2.75, 3.05) is 18.0 Å². The summed E-state index contributed by atoms with van der Waals surface area (Å²) in [6.07, 6.45) is 0. The zero-order chi connectivity index (χ0) is 17.0. The summed E-state index contributed by atoms with van der Waals surface area (Å²) in [5.41, 5.74) is 9.76. The van der Waals surface area contributed by atoms with Gasteiger partial charge in [0.2, 0.25) is 0 Å². The van der Waals surface area contributed by atoms with Gasteiger partial charge in [-0.15, -0.1) is 0 Å². The summed E-state index contributed by atoms with van der Waals surface area (Å²) < 4.78 is 5.45. The van der Waals surface area contributed by atoms with Crippen LogP contribution in [0, 0.1) is 0 Å². The molecule has 0 fully saturated rings. The first-order valence-corrected chi connectivity index (χ1v) is 7.80. The summed E-state index contributed by atoms with van der Waals surface area (Å²) in [6.45, 7) is 7.64. The Kier molecular flexibility index (Phi) is 5.33. The van der Waals surface area contributed by atoms with E-state index >= 15 is 0 Å². The van der Waals surface area contributed by atoms with Gasteiger partial charge in [-0.2, -0.15) is 5.10 Å². The largest absolute Gasteiger partial charge is 0.422 e. The van der Waals surface area contributed by atoms with Crippen molar-refractivity contribution in [2.45, 2.75) is 20.8 Å². The minimum absolute atomic E-state index is 0.0402. The van der Waals surface area contributed by atoms with Gasteiger partial charge in [0.15, 0.2) is 5.11 Å². The number of benzene rings is 1. The Morgan fingerprint density at radius 3 is 2.65 bits per heavy atom. The Hall–Kier alpha value is -2.41.